The average molecular weight is 306 g/mol. The van der Waals surface area contributed by atoms with E-state index >= 15 is 0 Å². The minimum atomic E-state index is -3.43. The van der Waals surface area contributed by atoms with Crippen LogP contribution in [0.2, 0.25) is 0 Å². The topological polar surface area (TPSA) is 98.0 Å². The van der Waals surface area contributed by atoms with Gasteiger partial charge in [0.25, 0.3) is 0 Å². The summed E-state index contributed by atoms with van der Waals surface area (Å²) in [5.41, 5.74) is 8.54. The van der Waals surface area contributed by atoms with E-state index in [1.807, 2.05) is 13.0 Å². The fourth-order valence-electron chi connectivity index (χ4n) is 1.81. The predicted octanol–water partition coefficient (Wildman–Crippen LogP) is 0.863. The summed E-state index contributed by atoms with van der Waals surface area (Å²) < 4.78 is 26.6. The Labute approximate surface area is 124 Å². The van der Waals surface area contributed by atoms with Gasteiger partial charge in [0.2, 0.25) is 10.0 Å². The van der Waals surface area contributed by atoms with Gasteiger partial charge < -0.3 is 5.73 Å². The Morgan fingerprint density at radius 1 is 1.19 bits per heavy atom. The van der Waals surface area contributed by atoms with E-state index in [-0.39, 0.29) is 12.3 Å². The van der Waals surface area contributed by atoms with Crippen molar-refractivity contribution in [3.8, 4) is 0 Å². The standard InChI is InChI=1S/C14H18N4O2S/c1-11-7-17-14(8-16-11)9-18-21(19,20)10-13-4-2-3-12(5-13)6-15/h2-5,7-8,18H,6,9-10,15H2,1H3. The smallest absolute Gasteiger partial charge is 0.216 e. The van der Waals surface area contributed by atoms with Crippen LogP contribution >= 0.6 is 0 Å². The molecule has 0 bridgehead atoms. The molecule has 0 radical (unpaired) electrons. The lowest BCUT2D eigenvalue weighted by Crippen LogP contribution is -2.25. The summed E-state index contributed by atoms with van der Waals surface area (Å²) in [5.74, 6) is -0.0832. The van der Waals surface area contributed by atoms with Crippen LogP contribution in [0.1, 0.15) is 22.5 Å². The SMILES string of the molecule is Cc1cnc(CNS(=O)(=O)Cc2cccc(CN)c2)cn1. The van der Waals surface area contributed by atoms with Crippen LogP contribution in [0.4, 0.5) is 0 Å². The highest BCUT2D eigenvalue weighted by atomic mass is 32.2. The van der Waals surface area contributed by atoms with Gasteiger partial charge in [-0.2, -0.15) is 0 Å². The zero-order valence-corrected chi connectivity index (χ0v) is 12.6. The normalized spacial score (nSPS) is 11.5. The molecule has 2 aromatic rings. The van der Waals surface area contributed by atoms with E-state index in [0.717, 1.165) is 11.3 Å². The highest BCUT2D eigenvalue weighted by molar-refractivity contribution is 7.88. The van der Waals surface area contributed by atoms with Crippen LogP contribution in [0.5, 0.6) is 0 Å². The fourth-order valence-corrected chi connectivity index (χ4v) is 2.90. The zero-order chi connectivity index (χ0) is 15.3. The van der Waals surface area contributed by atoms with Gasteiger partial charge in [0.1, 0.15) is 0 Å². The van der Waals surface area contributed by atoms with Crippen LogP contribution in [-0.4, -0.2) is 18.4 Å². The lowest BCUT2D eigenvalue weighted by molar-refractivity contribution is 0.579. The molecule has 0 aliphatic carbocycles. The summed E-state index contributed by atoms with van der Waals surface area (Å²) in [6.07, 6.45) is 3.17. The van der Waals surface area contributed by atoms with Gasteiger partial charge in [0.05, 0.1) is 29.9 Å². The minimum Gasteiger partial charge on any atom is -0.326 e. The monoisotopic (exact) mass is 306 g/mol. The molecule has 1 aromatic carbocycles. The number of aromatic nitrogens is 2. The lowest BCUT2D eigenvalue weighted by Gasteiger charge is -2.07. The molecule has 1 heterocycles. The maximum atomic E-state index is 12.0. The van der Waals surface area contributed by atoms with E-state index in [4.69, 9.17) is 5.73 Å². The van der Waals surface area contributed by atoms with Crippen molar-refractivity contribution in [2.45, 2.75) is 25.8 Å². The van der Waals surface area contributed by atoms with Crippen molar-refractivity contribution >= 4 is 10.0 Å². The Morgan fingerprint density at radius 2 is 1.95 bits per heavy atom. The summed E-state index contributed by atoms with van der Waals surface area (Å²) in [6.45, 7) is 2.35. The second-order valence-corrected chi connectivity index (χ2v) is 6.56. The molecule has 21 heavy (non-hydrogen) atoms. The van der Waals surface area contributed by atoms with E-state index in [0.29, 0.717) is 17.8 Å². The Morgan fingerprint density at radius 3 is 2.62 bits per heavy atom. The molecule has 1 aromatic heterocycles. The van der Waals surface area contributed by atoms with Crippen molar-refractivity contribution in [3.05, 3.63) is 59.2 Å². The number of benzene rings is 1. The lowest BCUT2D eigenvalue weighted by atomic mass is 10.1. The van der Waals surface area contributed by atoms with Crippen LogP contribution in [-0.2, 0) is 28.9 Å². The summed E-state index contributed by atoms with van der Waals surface area (Å²) in [6, 6.07) is 7.24. The average Bonchev–Trinajstić information content (AvgIpc) is 2.46. The van der Waals surface area contributed by atoms with Gasteiger partial charge in [0.15, 0.2) is 0 Å². The number of nitrogens with two attached hydrogens (primary N) is 1. The molecule has 0 unspecified atom stereocenters. The van der Waals surface area contributed by atoms with Crippen molar-refractivity contribution < 1.29 is 8.42 Å². The van der Waals surface area contributed by atoms with Gasteiger partial charge in [-0.1, -0.05) is 24.3 Å². The molecule has 0 amide bonds. The van der Waals surface area contributed by atoms with Gasteiger partial charge in [-0.05, 0) is 18.1 Å². The molecule has 7 heteroatoms. The molecule has 112 valence electrons. The molecule has 0 spiro atoms. The number of rotatable bonds is 6. The molecular formula is C14H18N4O2S. The number of sulfonamides is 1. The molecule has 6 nitrogen and oxygen atoms in total. The summed E-state index contributed by atoms with van der Waals surface area (Å²) in [4.78, 5) is 8.19. The molecule has 0 saturated carbocycles. The Bertz CT molecular complexity index is 699. The number of hydrogen-bond acceptors (Lipinski definition) is 5. The highest BCUT2D eigenvalue weighted by Gasteiger charge is 2.12. The zero-order valence-electron chi connectivity index (χ0n) is 11.8. The van der Waals surface area contributed by atoms with Crippen molar-refractivity contribution in [1.82, 2.24) is 14.7 Å². The molecular weight excluding hydrogens is 288 g/mol. The predicted molar refractivity (Wildman–Crippen MR) is 80.6 cm³/mol. The van der Waals surface area contributed by atoms with Gasteiger partial charge in [-0.15, -0.1) is 0 Å². The molecule has 0 atom stereocenters. The fraction of sp³-hybridized carbons (Fsp3) is 0.286. The largest absolute Gasteiger partial charge is 0.326 e. The van der Waals surface area contributed by atoms with Crippen LogP contribution in [0.3, 0.4) is 0 Å². The first-order chi connectivity index (χ1) is 9.98. The molecule has 0 aliphatic rings. The third kappa shape index (κ3) is 4.89. The van der Waals surface area contributed by atoms with E-state index in [9.17, 15) is 8.42 Å². The van der Waals surface area contributed by atoms with Crippen LogP contribution in [0.25, 0.3) is 0 Å². The number of hydrogen-bond donors (Lipinski definition) is 2. The van der Waals surface area contributed by atoms with Gasteiger partial charge in [0, 0.05) is 12.7 Å². The van der Waals surface area contributed by atoms with Crippen molar-refractivity contribution in [3.63, 3.8) is 0 Å². The van der Waals surface area contributed by atoms with Gasteiger partial charge >= 0.3 is 0 Å². The highest BCUT2D eigenvalue weighted by Crippen LogP contribution is 2.08. The van der Waals surface area contributed by atoms with Crippen LogP contribution in [0, 0.1) is 6.92 Å². The third-order valence-electron chi connectivity index (χ3n) is 2.89. The van der Waals surface area contributed by atoms with Crippen molar-refractivity contribution in [2.75, 3.05) is 0 Å². The van der Waals surface area contributed by atoms with E-state index in [1.54, 1.807) is 30.6 Å². The van der Waals surface area contributed by atoms with Crippen LogP contribution in [0.15, 0.2) is 36.7 Å². The van der Waals surface area contributed by atoms with Crippen molar-refractivity contribution in [2.24, 2.45) is 5.73 Å². The third-order valence-corrected chi connectivity index (χ3v) is 4.19. The van der Waals surface area contributed by atoms with Gasteiger partial charge in [-0.25, -0.2) is 13.1 Å². The van der Waals surface area contributed by atoms with Gasteiger partial charge in [-0.3, -0.25) is 9.97 Å². The second-order valence-electron chi connectivity index (χ2n) is 4.75. The first-order valence-corrected chi connectivity index (χ1v) is 8.16. The molecule has 3 N–H and O–H groups in total. The van der Waals surface area contributed by atoms with Crippen LogP contribution < -0.4 is 10.5 Å². The molecule has 0 fully saturated rings. The molecule has 0 saturated heterocycles. The second kappa shape index (κ2) is 6.75. The minimum absolute atomic E-state index is 0.0832. The Balaban J connectivity index is 1.99. The number of nitrogens with zero attached hydrogens (tertiary/aromatic N) is 2. The van der Waals surface area contributed by atoms with E-state index < -0.39 is 10.0 Å². The Kier molecular flexibility index (Phi) is 5.00. The quantitative estimate of drug-likeness (QED) is 0.825. The summed E-state index contributed by atoms with van der Waals surface area (Å²) in [5, 5.41) is 0. The first-order valence-electron chi connectivity index (χ1n) is 6.51. The molecule has 2 rings (SSSR count). The maximum Gasteiger partial charge on any atom is 0.216 e. The van der Waals surface area contributed by atoms with Crippen molar-refractivity contribution in [1.29, 1.82) is 0 Å². The number of aryl methyl sites for hydroxylation is 1. The van der Waals surface area contributed by atoms with E-state index in [2.05, 4.69) is 14.7 Å². The first kappa shape index (κ1) is 15.6. The maximum absolute atomic E-state index is 12.0. The summed E-state index contributed by atoms with van der Waals surface area (Å²) >= 11 is 0. The summed E-state index contributed by atoms with van der Waals surface area (Å²) in [7, 11) is -3.43. The van der Waals surface area contributed by atoms with E-state index in [1.165, 1.54) is 0 Å². The molecule has 0 aliphatic heterocycles. The Hall–Kier alpha value is -1.83. The number of nitrogens with one attached hydrogen (secondary N) is 1.